The molecule has 3 rings (SSSR count). The third kappa shape index (κ3) is 4.19. The minimum absolute atomic E-state index is 0.235. The van der Waals surface area contributed by atoms with E-state index in [1.54, 1.807) is 18.3 Å². The molecule has 0 aliphatic carbocycles. The van der Waals surface area contributed by atoms with Crippen molar-refractivity contribution in [3.63, 3.8) is 0 Å². The van der Waals surface area contributed by atoms with Gasteiger partial charge in [-0.05, 0) is 42.8 Å². The Morgan fingerprint density at radius 1 is 1.25 bits per heavy atom. The first-order valence-corrected chi connectivity index (χ1v) is 9.60. The van der Waals surface area contributed by atoms with Crippen molar-refractivity contribution in [2.75, 3.05) is 5.32 Å². The fourth-order valence-corrected chi connectivity index (χ4v) is 3.69. The number of aromatic nitrogens is 3. The Hall–Kier alpha value is -1.77. The fraction of sp³-hybridized carbons (Fsp3) is 0.125. The van der Waals surface area contributed by atoms with E-state index in [1.165, 1.54) is 23.1 Å². The summed E-state index contributed by atoms with van der Waals surface area (Å²) in [6.45, 7) is 2.00. The van der Waals surface area contributed by atoms with Crippen LogP contribution in [0, 0.1) is 0 Å². The number of anilines is 1. The largest absolute Gasteiger partial charge is 0.296 e. The van der Waals surface area contributed by atoms with Gasteiger partial charge in [0.15, 0.2) is 0 Å². The Bertz CT molecular complexity index is 851. The number of carbonyl (C=O) groups is 1. The lowest BCUT2D eigenvalue weighted by atomic mass is 10.3. The molecule has 0 fully saturated rings. The number of rotatable bonds is 5. The smallest absolute Gasteiger partial charge is 0.260 e. The second-order valence-electron chi connectivity index (χ2n) is 4.72. The normalized spacial score (nSPS) is 10.6. The summed E-state index contributed by atoms with van der Waals surface area (Å²) in [5.41, 5.74) is 0.513. The first-order valence-electron chi connectivity index (χ1n) is 7.18. The van der Waals surface area contributed by atoms with E-state index in [4.69, 9.17) is 0 Å². The van der Waals surface area contributed by atoms with Crippen molar-refractivity contribution in [3.8, 4) is 0 Å². The van der Waals surface area contributed by atoms with Crippen molar-refractivity contribution in [3.05, 3.63) is 57.6 Å². The van der Waals surface area contributed by atoms with Crippen LogP contribution in [0.1, 0.15) is 22.3 Å². The van der Waals surface area contributed by atoms with Gasteiger partial charge in [0.25, 0.3) is 5.91 Å². The van der Waals surface area contributed by atoms with E-state index in [0.717, 1.165) is 20.8 Å². The highest BCUT2D eigenvalue weighted by molar-refractivity contribution is 9.10. The van der Waals surface area contributed by atoms with Crippen LogP contribution in [0.3, 0.4) is 0 Å². The lowest BCUT2D eigenvalue weighted by Crippen LogP contribution is -2.13. The Morgan fingerprint density at radius 2 is 2.04 bits per heavy atom. The molecule has 5 nitrogen and oxygen atoms in total. The molecule has 0 radical (unpaired) electrons. The second kappa shape index (κ2) is 7.87. The summed E-state index contributed by atoms with van der Waals surface area (Å²) >= 11 is 6.24. The fourth-order valence-electron chi connectivity index (χ4n) is 1.87. The van der Waals surface area contributed by atoms with Crippen LogP contribution in [0.4, 0.5) is 5.13 Å². The van der Waals surface area contributed by atoms with E-state index < -0.39 is 0 Å². The van der Waals surface area contributed by atoms with Crippen LogP contribution in [0.25, 0.3) is 0 Å². The van der Waals surface area contributed by atoms with E-state index in [0.29, 0.717) is 15.7 Å². The summed E-state index contributed by atoms with van der Waals surface area (Å²) < 4.78 is 1.01. The molecule has 1 amide bonds. The third-order valence-corrected chi connectivity index (χ3v) is 5.57. The van der Waals surface area contributed by atoms with E-state index in [-0.39, 0.29) is 5.91 Å². The lowest BCUT2D eigenvalue weighted by molar-refractivity contribution is 0.102. The number of aryl methyl sites for hydroxylation is 1. The van der Waals surface area contributed by atoms with Crippen LogP contribution in [0.15, 0.2) is 57.0 Å². The highest BCUT2D eigenvalue weighted by Gasteiger charge is 2.15. The minimum Gasteiger partial charge on any atom is -0.296 e. The molecule has 3 aromatic rings. The highest BCUT2D eigenvalue weighted by atomic mass is 79.9. The molecule has 0 aliphatic rings. The van der Waals surface area contributed by atoms with Crippen molar-refractivity contribution in [2.24, 2.45) is 0 Å². The van der Waals surface area contributed by atoms with Gasteiger partial charge < -0.3 is 0 Å². The van der Waals surface area contributed by atoms with Crippen LogP contribution in [0.2, 0.25) is 0 Å². The molecule has 24 heavy (non-hydrogen) atoms. The van der Waals surface area contributed by atoms with Crippen molar-refractivity contribution in [2.45, 2.75) is 23.3 Å². The molecule has 8 heteroatoms. The number of benzene rings is 1. The van der Waals surface area contributed by atoms with Gasteiger partial charge in [0, 0.05) is 15.6 Å². The van der Waals surface area contributed by atoms with Crippen LogP contribution in [-0.4, -0.2) is 21.1 Å². The maximum Gasteiger partial charge on any atom is 0.260 e. The molecule has 2 heterocycles. The molecule has 0 unspecified atom stereocenters. The molecule has 0 spiro atoms. The van der Waals surface area contributed by atoms with Crippen LogP contribution < -0.4 is 5.32 Å². The number of nitrogens with zero attached hydrogens (tertiary/aromatic N) is 3. The van der Waals surface area contributed by atoms with E-state index in [1.807, 2.05) is 31.2 Å². The summed E-state index contributed by atoms with van der Waals surface area (Å²) in [6.07, 6.45) is 2.48. The summed E-state index contributed by atoms with van der Waals surface area (Å²) in [7, 11) is 0. The number of hydrogen-bond acceptors (Lipinski definition) is 6. The predicted molar refractivity (Wildman–Crippen MR) is 99.7 cm³/mol. The van der Waals surface area contributed by atoms with Crippen LogP contribution >= 0.6 is 39.0 Å². The molecule has 0 bridgehead atoms. The zero-order chi connectivity index (χ0) is 16.9. The van der Waals surface area contributed by atoms with Crippen molar-refractivity contribution in [1.29, 1.82) is 0 Å². The lowest BCUT2D eigenvalue weighted by Gasteiger charge is -2.07. The minimum atomic E-state index is -0.235. The van der Waals surface area contributed by atoms with Gasteiger partial charge in [0.05, 0.1) is 5.56 Å². The maximum atomic E-state index is 12.5. The van der Waals surface area contributed by atoms with Crippen molar-refractivity contribution < 1.29 is 4.79 Å². The summed E-state index contributed by atoms with van der Waals surface area (Å²) in [5.74, 6) is -0.235. The Labute approximate surface area is 156 Å². The summed E-state index contributed by atoms with van der Waals surface area (Å²) in [5, 5.41) is 12.8. The quantitative estimate of drug-likeness (QED) is 0.649. The molecule has 0 aliphatic heterocycles. The Kier molecular flexibility index (Phi) is 5.60. The van der Waals surface area contributed by atoms with E-state index in [2.05, 4.69) is 36.4 Å². The molecule has 122 valence electrons. The van der Waals surface area contributed by atoms with Gasteiger partial charge in [-0.3, -0.25) is 10.1 Å². The standard InChI is InChI=1S/C16H13BrN4OS2/c1-2-13-20-21-16(24-13)19-14(22)12-4-3-9-18-15(12)23-11-7-5-10(17)6-8-11/h3-9H,2H2,1H3,(H,19,21,22). The van der Waals surface area contributed by atoms with Crippen LogP contribution in [-0.2, 0) is 6.42 Å². The zero-order valence-electron chi connectivity index (χ0n) is 12.7. The topological polar surface area (TPSA) is 67.8 Å². The van der Waals surface area contributed by atoms with Gasteiger partial charge in [-0.2, -0.15) is 0 Å². The molecular weight excluding hydrogens is 408 g/mol. The number of amides is 1. The third-order valence-electron chi connectivity index (χ3n) is 3.03. The molecular formula is C16H13BrN4OS2. The first kappa shape index (κ1) is 17.1. The summed E-state index contributed by atoms with van der Waals surface area (Å²) in [6, 6.07) is 11.4. The maximum absolute atomic E-state index is 12.5. The molecule has 0 saturated carbocycles. The van der Waals surface area contributed by atoms with Crippen molar-refractivity contribution >= 4 is 50.1 Å². The number of pyridine rings is 1. The van der Waals surface area contributed by atoms with E-state index in [9.17, 15) is 4.79 Å². The molecule has 1 aromatic carbocycles. The summed E-state index contributed by atoms with van der Waals surface area (Å²) in [4.78, 5) is 17.9. The molecule has 0 saturated heterocycles. The van der Waals surface area contributed by atoms with Gasteiger partial charge in [-0.1, -0.05) is 46.0 Å². The van der Waals surface area contributed by atoms with Gasteiger partial charge in [0.1, 0.15) is 10.0 Å². The zero-order valence-corrected chi connectivity index (χ0v) is 15.9. The number of carbonyl (C=O) groups excluding carboxylic acids is 1. The molecule has 0 atom stereocenters. The van der Waals surface area contributed by atoms with Gasteiger partial charge >= 0.3 is 0 Å². The van der Waals surface area contributed by atoms with Crippen LogP contribution in [0.5, 0.6) is 0 Å². The first-order chi connectivity index (χ1) is 11.7. The predicted octanol–water partition coefficient (Wildman–Crippen LogP) is 4.66. The number of hydrogen-bond donors (Lipinski definition) is 1. The Balaban J connectivity index is 1.80. The van der Waals surface area contributed by atoms with Crippen molar-refractivity contribution in [1.82, 2.24) is 15.2 Å². The number of halogens is 1. The van der Waals surface area contributed by atoms with Gasteiger partial charge in [0.2, 0.25) is 5.13 Å². The average Bonchev–Trinajstić information content (AvgIpc) is 3.05. The van der Waals surface area contributed by atoms with Gasteiger partial charge in [-0.25, -0.2) is 4.98 Å². The Morgan fingerprint density at radius 3 is 2.75 bits per heavy atom. The van der Waals surface area contributed by atoms with Gasteiger partial charge in [-0.15, -0.1) is 10.2 Å². The van der Waals surface area contributed by atoms with E-state index >= 15 is 0 Å². The SMILES string of the molecule is CCc1nnc(NC(=O)c2cccnc2Sc2ccc(Br)cc2)s1. The molecule has 2 aromatic heterocycles. The average molecular weight is 421 g/mol. The number of nitrogens with one attached hydrogen (secondary N) is 1. The second-order valence-corrected chi connectivity index (χ2v) is 7.76. The highest BCUT2D eigenvalue weighted by Crippen LogP contribution is 2.30. The molecule has 1 N–H and O–H groups in total. The monoisotopic (exact) mass is 420 g/mol.